The van der Waals surface area contributed by atoms with E-state index in [1.807, 2.05) is 0 Å². The molecule has 130 valence electrons. The van der Waals surface area contributed by atoms with E-state index in [2.05, 4.69) is 105 Å². The Balaban J connectivity index is 1.72. The predicted octanol–water partition coefficient (Wildman–Crippen LogP) is 7.21. The van der Waals surface area contributed by atoms with Gasteiger partial charge in [-0.2, -0.15) is 0 Å². The highest BCUT2D eigenvalue weighted by Crippen LogP contribution is 2.51. The van der Waals surface area contributed by atoms with Crippen molar-refractivity contribution in [3.05, 3.63) is 114 Å². The van der Waals surface area contributed by atoms with Crippen molar-refractivity contribution in [1.29, 1.82) is 0 Å². The lowest BCUT2D eigenvalue weighted by atomic mass is 9.81. The fourth-order valence-electron chi connectivity index (χ4n) is 4.54. The first kappa shape index (κ1) is 16.1. The molecule has 0 nitrogen and oxygen atoms in total. The minimum absolute atomic E-state index is 0.0194. The molecular formula is C27H22. The molecule has 0 atom stereocenters. The van der Waals surface area contributed by atoms with Gasteiger partial charge in [0.05, 0.1) is 0 Å². The van der Waals surface area contributed by atoms with E-state index in [-0.39, 0.29) is 5.41 Å². The number of rotatable bonds is 2. The topological polar surface area (TPSA) is 0 Å². The SMILES string of the molecule is C=C(c1ccc2ccccc2c1)c1cccc2c1-c1ccccc1C2(C)C. The Morgan fingerprint density at radius 2 is 1.41 bits per heavy atom. The Hall–Kier alpha value is -3.12. The van der Waals surface area contributed by atoms with E-state index < -0.39 is 0 Å². The predicted molar refractivity (Wildman–Crippen MR) is 116 cm³/mol. The van der Waals surface area contributed by atoms with Crippen molar-refractivity contribution in [3.63, 3.8) is 0 Å². The second kappa shape index (κ2) is 5.69. The van der Waals surface area contributed by atoms with Crippen molar-refractivity contribution in [3.8, 4) is 11.1 Å². The molecule has 0 saturated carbocycles. The molecule has 0 amide bonds. The van der Waals surface area contributed by atoms with E-state index in [1.165, 1.54) is 44.2 Å². The van der Waals surface area contributed by atoms with Crippen LogP contribution in [0.1, 0.15) is 36.1 Å². The number of hydrogen-bond acceptors (Lipinski definition) is 0. The van der Waals surface area contributed by atoms with Gasteiger partial charge in [0.25, 0.3) is 0 Å². The van der Waals surface area contributed by atoms with Crippen LogP contribution >= 0.6 is 0 Å². The molecule has 1 aliphatic carbocycles. The van der Waals surface area contributed by atoms with Gasteiger partial charge in [0, 0.05) is 5.41 Å². The molecule has 0 aromatic heterocycles. The van der Waals surface area contributed by atoms with E-state index in [4.69, 9.17) is 0 Å². The number of benzene rings is 4. The van der Waals surface area contributed by atoms with Gasteiger partial charge in [-0.1, -0.05) is 99.3 Å². The largest absolute Gasteiger partial charge is 0.0905 e. The zero-order valence-corrected chi connectivity index (χ0v) is 15.8. The maximum atomic E-state index is 4.50. The van der Waals surface area contributed by atoms with E-state index in [0.717, 1.165) is 5.57 Å². The van der Waals surface area contributed by atoms with Crippen molar-refractivity contribution in [2.75, 3.05) is 0 Å². The third-order valence-electron chi connectivity index (χ3n) is 6.03. The highest BCUT2D eigenvalue weighted by atomic mass is 14.4. The van der Waals surface area contributed by atoms with Gasteiger partial charge in [-0.05, 0) is 55.8 Å². The van der Waals surface area contributed by atoms with Crippen molar-refractivity contribution in [1.82, 2.24) is 0 Å². The number of fused-ring (bicyclic) bond motifs is 4. The molecular weight excluding hydrogens is 324 g/mol. The van der Waals surface area contributed by atoms with E-state index in [0.29, 0.717) is 0 Å². The third-order valence-corrected chi connectivity index (χ3v) is 6.03. The van der Waals surface area contributed by atoms with Crippen LogP contribution in [0, 0.1) is 0 Å². The quantitative estimate of drug-likeness (QED) is 0.360. The van der Waals surface area contributed by atoms with Crippen LogP contribution in [-0.4, -0.2) is 0 Å². The van der Waals surface area contributed by atoms with Crippen LogP contribution in [-0.2, 0) is 5.41 Å². The highest BCUT2D eigenvalue weighted by Gasteiger charge is 2.36. The van der Waals surface area contributed by atoms with Crippen molar-refractivity contribution >= 4 is 16.3 Å². The summed E-state index contributed by atoms with van der Waals surface area (Å²) in [5, 5.41) is 2.52. The van der Waals surface area contributed by atoms with Crippen LogP contribution in [0.4, 0.5) is 0 Å². The van der Waals surface area contributed by atoms with Gasteiger partial charge < -0.3 is 0 Å². The standard InChI is InChI=1S/C27H22/c1-18(20-16-15-19-9-4-5-10-21(19)17-20)22-12-8-14-25-26(22)23-11-6-7-13-24(23)27(25,2)3/h4-17H,1H2,2-3H3. The number of hydrogen-bond donors (Lipinski definition) is 0. The van der Waals surface area contributed by atoms with Gasteiger partial charge in [0.1, 0.15) is 0 Å². The average Bonchev–Trinajstić information content (AvgIpc) is 2.95. The summed E-state index contributed by atoms with van der Waals surface area (Å²) in [6.45, 7) is 9.14. The lowest BCUT2D eigenvalue weighted by Gasteiger charge is -2.21. The van der Waals surface area contributed by atoms with Crippen LogP contribution < -0.4 is 0 Å². The minimum atomic E-state index is 0.0194. The molecule has 27 heavy (non-hydrogen) atoms. The first-order chi connectivity index (χ1) is 13.1. The maximum Gasteiger partial charge on any atom is 0.0159 e. The molecule has 5 rings (SSSR count). The Morgan fingerprint density at radius 3 is 2.26 bits per heavy atom. The lowest BCUT2D eigenvalue weighted by molar-refractivity contribution is 0.660. The molecule has 0 heteroatoms. The molecule has 0 N–H and O–H groups in total. The Bertz CT molecular complexity index is 1210. The molecule has 1 aliphatic rings. The Morgan fingerprint density at radius 1 is 0.704 bits per heavy atom. The second-order valence-corrected chi connectivity index (χ2v) is 7.94. The monoisotopic (exact) mass is 346 g/mol. The van der Waals surface area contributed by atoms with E-state index >= 15 is 0 Å². The van der Waals surface area contributed by atoms with E-state index in [1.54, 1.807) is 0 Å². The fourth-order valence-corrected chi connectivity index (χ4v) is 4.54. The molecule has 0 radical (unpaired) electrons. The lowest BCUT2D eigenvalue weighted by Crippen LogP contribution is -2.14. The molecule has 4 aromatic carbocycles. The van der Waals surface area contributed by atoms with Crippen molar-refractivity contribution in [2.45, 2.75) is 19.3 Å². The molecule has 0 fully saturated rings. The van der Waals surface area contributed by atoms with Gasteiger partial charge in [0.15, 0.2) is 0 Å². The zero-order valence-electron chi connectivity index (χ0n) is 15.8. The van der Waals surface area contributed by atoms with Crippen LogP contribution in [0.3, 0.4) is 0 Å². The van der Waals surface area contributed by atoms with Gasteiger partial charge in [-0.25, -0.2) is 0 Å². The summed E-state index contributed by atoms with van der Waals surface area (Å²) >= 11 is 0. The van der Waals surface area contributed by atoms with Gasteiger partial charge in [-0.3, -0.25) is 0 Å². The average molecular weight is 346 g/mol. The van der Waals surface area contributed by atoms with Crippen molar-refractivity contribution in [2.24, 2.45) is 0 Å². The molecule has 0 saturated heterocycles. The molecule has 0 unspecified atom stereocenters. The smallest absolute Gasteiger partial charge is 0.0159 e. The highest BCUT2D eigenvalue weighted by molar-refractivity contribution is 5.95. The zero-order chi connectivity index (χ0) is 18.6. The van der Waals surface area contributed by atoms with Crippen molar-refractivity contribution < 1.29 is 0 Å². The fraction of sp³-hybridized carbons (Fsp3) is 0.111. The summed E-state index contributed by atoms with van der Waals surface area (Å²) in [6, 6.07) is 30.6. The molecule has 0 spiro atoms. The van der Waals surface area contributed by atoms with Gasteiger partial charge in [0.2, 0.25) is 0 Å². The molecule has 0 bridgehead atoms. The minimum Gasteiger partial charge on any atom is -0.0905 e. The first-order valence-corrected chi connectivity index (χ1v) is 9.49. The first-order valence-electron chi connectivity index (χ1n) is 9.49. The van der Waals surface area contributed by atoms with Gasteiger partial charge >= 0.3 is 0 Å². The summed E-state index contributed by atoms with van der Waals surface area (Å²) in [7, 11) is 0. The maximum absolute atomic E-state index is 4.50. The normalized spacial score (nSPS) is 14.0. The van der Waals surface area contributed by atoms with Crippen LogP contribution in [0.5, 0.6) is 0 Å². The molecule has 4 aromatic rings. The van der Waals surface area contributed by atoms with Crippen LogP contribution in [0.25, 0.3) is 27.5 Å². The van der Waals surface area contributed by atoms with E-state index in [9.17, 15) is 0 Å². The van der Waals surface area contributed by atoms with Crippen LogP contribution in [0.2, 0.25) is 0 Å². The van der Waals surface area contributed by atoms with Gasteiger partial charge in [-0.15, -0.1) is 0 Å². The van der Waals surface area contributed by atoms with Crippen LogP contribution in [0.15, 0.2) is 91.5 Å². The molecule has 0 aliphatic heterocycles. The molecule has 0 heterocycles. The Kier molecular flexibility index (Phi) is 3.39. The third kappa shape index (κ3) is 2.30. The second-order valence-electron chi connectivity index (χ2n) is 7.94. The summed E-state index contributed by atoms with van der Waals surface area (Å²) in [4.78, 5) is 0. The Labute approximate surface area is 160 Å². The summed E-state index contributed by atoms with van der Waals surface area (Å²) < 4.78 is 0. The summed E-state index contributed by atoms with van der Waals surface area (Å²) in [5.74, 6) is 0. The summed E-state index contributed by atoms with van der Waals surface area (Å²) in [6.07, 6.45) is 0. The summed E-state index contributed by atoms with van der Waals surface area (Å²) in [5.41, 5.74) is 9.01.